The van der Waals surface area contributed by atoms with E-state index in [4.69, 9.17) is 11.5 Å². The molecule has 0 aliphatic carbocycles. The molecule has 4 N–H and O–H groups in total. The van der Waals surface area contributed by atoms with E-state index in [2.05, 4.69) is 11.0 Å². The maximum Gasteiger partial charge on any atom is 0.225 e. The molecule has 0 spiro atoms. The van der Waals surface area contributed by atoms with Crippen LogP contribution in [0.3, 0.4) is 0 Å². The van der Waals surface area contributed by atoms with Crippen LogP contribution in [0.4, 0.5) is 11.4 Å². The average molecular weight is 233 g/mol. The lowest BCUT2D eigenvalue weighted by Crippen LogP contribution is -2.37. The summed E-state index contributed by atoms with van der Waals surface area (Å²) in [6.45, 7) is 5.47. The summed E-state index contributed by atoms with van der Waals surface area (Å²) in [6, 6.07) is 5.96. The molecule has 1 aliphatic heterocycles. The van der Waals surface area contributed by atoms with Gasteiger partial charge in [0.1, 0.15) is 0 Å². The number of aryl methyl sites for hydroxylation is 1. The molecule has 17 heavy (non-hydrogen) atoms. The number of anilines is 2. The number of rotatable bonds is 2. The second kappa shape index (κ2) is 3.95. The predicted octanol–water partition coefficient (Wildman–Crippen LogP) is 1.28. The van der Waals surface area contributed by atoms with E-state index in [1.165, 1.54) is 0 Å². The molecule has 0 saturated carbocycles. The van der Waals surface area contributed by atoms with Crippen LogP contribution in [0.15, 0.2) is 18.2 Å². The Hall–Kier alpha value is -1.71. The minimum atomic E-state index is -0.407. The number of nitrogens with zero attached hydrogens (tertiary/aromatic N) is 1. The van der Waals surface area contributed by atoms with E-state index < -0.39 is 5.41 Å². The van der Waals surface area contributed by atoms with Crippen molar-refractivity contribution in [2.75, 3.05) is 23.7 Å². The van der Waals surface area contributed by atoms with Gasteiger partial charge < -0.3 is 16.4 Å². The highest BCUT2D eigenvalue weighted by Gasteiger charge is 2.38. The fourth-order valence-corrected chi connectivity index (χ4v) is 2.24. The zero-order valence-corrected chi connectivity index (χ0v) is 10.4. The maximum absolute atomic E-state index is 11.4. The summed E-state index contributed by atoms with van der Waals surface area (Å²) in [5, 5.41) is 0. The molecule has 1 aromatic carbocycles. The predicted molar refractivity (Wildman–Crippen MR) is 69.7 cm³/mol. The summed E-state index contributed by atoms with van der Waals surface area (Å²) in [4.78, 5) is 13.6. The molecule has 1 amide bonds. The minimum absolute atomic E-state index is 0.216. The van der Waals surface area contributed by atoms with Crippen molar-refractivity contribution in [1.29, 1.82) is 0 Å². The van der Waals surface area contributed by atoms with Crippen LogP contribution in [-0.2, 0) is 4.79 Å². The molecular formula is C13H19N3O. The van der Waals surface area contributed by atoms with Crippen LogP contribution in [0, 0.1) is 12.3 Å². The largest absolute Gasteiger partial charge is 0.399 e. The maximum atomic E-state index is 11.4. The van der Waals surface area contributed by atoms with Crippen molar-refractivity contribution in [1.82, 2.24) is 0 Å². The number of carbonyl (C=O) groups excluding carboxylic acids is 1. The number of benzene rings is 1. The van der Waals surface area contributed by atoms with Gasteiger partial charge in [0.15, 0.2) is 0 Å². The molecule has 1 atom stereocenters. The Labute approximate surface area is 102 Å². The van der Waals surface area contributed by atoms with Crippen molar-refractivity contribution in [2.24, 2.45) is 11.1 Å². The molecule has 92 valence electrons. The van der Waals surface area contributed by atoms with E-state index in [-0.39, 0.29) is 5.91 Å². The summed E-state index contributed by atoms with van der Waals surface area (Å²) < 4.78 is 0. The van der Waals surface area contributed by atoms with Crippen molar-refractivity contribution in [3.8, 4) is 0 Å². The van der Waals surface area contributed by atoms with Gasteiger partial charge in [-0.05, 0) is 44.0 Å². The van der Waals surface area contributed by atoms with Gasteiger partial charge in [-0.25, -0.2) is 0 Å². The second-order valence-electron chi connectivity index (χ2n) is 5.14. The Morgan fingerprint density at radius 2 is 2.18 bits per heavy atom. The fraction of sp³-hybridized carbons (Fsp3) is 0.462. The summed E-state index contributed by atoms with van der Waals surface area (Å²) in [5.41, 5.74) is 13.8. The third-order valence-corrected chi connectivity index (χ3v) is 3.69. The average Bonchev–Trinajstić information content (AvgIpc) is 2.67. The standard InChI is InChI=1S/C13H19N3O/c1-9-7-10(3-4-11(9)14)16-6-5-13(2,8-16)12(15)17/h3-4,7H,5-6,8,14H2,1-2H3,(H2,15,17). The van der Waals surface area contributed by atoms with Gasteiger partial charge in [0, 0.05) is 24.5 Å². The number of primary amides is 1. The van der Waals surface area contributed by atoms with Crippen molar-refractivity contribution in [3.05, 3.63) is 23.8 Å². The van der Waals surface area contributed by atoms with Crippen molar-refractivity contribution in [3.63, 3.8) is 0 Å². The highest BCUT2D eigenvalue weighted by molar-refractivity contribution is 5.82. The number of hydrogen-bond donors (Lipinski definition) is 2. The lowest BCUT2D eigenvalue weighted by Gasteiger charge is -2.23. The quantitative estimate of drug-likeness (QED) is 0.756. The molecule has 1 unspecified atom stereocenters. The van der Waals surface area contributed by atoms with Gasteiger partial charge in [-0.2, -0.15) is 0 Å². The van der Waals surface area contributed by atoms with Gasteiger partial charge in [-0.1, -0.05) is 0 Å². The van der Waals surface area contributed by atoms with Crippen molar-refractivity contribution >= 4 is 17.3 Å². The highest BCUT2D eigenvalue weighted by Crippen LogP contribution is 2.33. The molecule has 0 bridgehead atoms. The van der Waals surface area contributed by atoms with Gasteiger partial charge in [0.25, 0.3) is 0 Å². The highest BCUT2D eigenvalue weighted by atomic mass is 16.1. The Morgan fingerprint density at radius 1 is 1.47 bits per heavy atom. The molecule has 1 heterocycles. The zero-order valence-electron chi connectivity index (χ0n) is 10.4. The van der Waals surface area contributed by atoms with Crippen LogP contribution < -0.4 is 16.4 Å². The van der Waals surface area contributed by atoms with E-state index in [1.807, 2.05) is 26.0 Å². The lowest BCUT2D eigenvalue weighted by atomic mass is 9.89. The number of hydrogen-bond acceptors (Lipinski definition) is 3. The summed E-state index contributed by atoms with van der Waals surface area (Å²) in [5.74, 6) is -0.216. The van der Waals surface area contributed by atoms with Gasteiger partial charge in [0.2, 0.25) is 5.91 Å². The fourth-order valence-electron chi connectivity index (χ4n) is 2.24. The molecule has 4 heteroatoms. The first kappa shape index (κ1) is 11.8. The summed E-state index contributed by atoms with van der Waals surface area (Å²) >= 11 is 0. The molecule has 1 aliphatic rings. The Kier molecular flexibility index (Phi) is 2.73. The SMILES string of the molecule is Cc1cc(N2CCC(C)(C(N)=O)C2)ccc1N. The van der Waals surface area contributed by atoms with Crippen LogP contribution in [-0.4, -0.2) is 19.0 Å². The third-order valence-electron chi connectivity index (χ3n) is 3.69. The molecule has 1 aromatic rings. The van der Waals surface area contributed by atoms with E-state index in [1.54, 1.807) is 0 Å². The number of amides is 1. The Balaban J connectivity index is 2.21. The van der Waals surface area contributed by atoms with Crippen LogP contribution in [0.2, 0.25) is 0 Å². The third kappa shape index (κ3) is 2.07. The van der Waals surface area contributed by atoms with E-state index >= 15 is 0 Å². The van der Waals surface area contributed by atoms with E-state index in [9.17, 15) is 4.79 Å². The monoisotopic (exact) mass is 233 g/mol. The molecule has 4 nitrogen and oxygen atoms in total. The van der Waals surface area contributed by atoms with Gasteiger partial charge >= 0.3 is 0 Å². The summed E-state index contributed by atoms with van der Waals surface area (Å²) in [6.07, 6.45) is 0.811. The van der Waals surface area contributed by atoms with Gasteiger partial charge in [0.05, 0.1) is 5.41 Å². The lowest BCUT2D eigenvalue weighted by molar-refractivity contribution is -0.125. The Bertz CT molecular complexity index is 458. The summed E-state index contributed by atoms with van der Waals surface area (Å²) in [7, 11) is 0. The van der Waals surface area contributed by atoms with Crippen LogP contribution in [0.1, 0.15) is 18.9 Å². The zero-order chi connectivity index (χ0) is 12.6. The number of nitrogen functional groups attached to an aromatic ring is 1. The normalized spacial score (nSPS) is 24.0. The molecule has 1 fully saturated rings. The first-order valence-corrected chi connectivity index (χ1v) is 5.83. The van der Waals surface area contributed by atoms with Crippen LogP contribution >= 0.6 is 0 Å². The molecule has 1 saturated heterocycles. The van der Waals surface area contributed by atoms with E-state index in [0.717, 1.165) is 29.9 Å². The topological polar surface area (TPSA) is 72.3 Å². The second-order valence-corrected chi connectivity index (χ2v) is 5.14. The van der Waals surface area contributed by atoms with Crippen molar-refractivity contribution < 1.29 is 4.79 Å². The van der Waals surface area contributed by atoms with E-state index in [0.29, 0.717) is 6.54 Å². The first-order chi connectivity index (χ1) is 7.92. The van der Waals surface area contributed by atoms with Crippen molar-refractivity contribution in [2.45, 2.75) is 20.3 Å². The molecule has 0 radical (unpaired) electrons. The van der Waals surface area contributed by atoms with Crippen LogP contribution in [0.25, 0.3) is 0 Å². The Morgan fingerprint density at radius 3 is 2.71 bits per heavy atom. The smallest absolute Gasteiger partial charge is 0.225 e. The molecule has 0 aromatic heterocycles. The number of carbonyl (C=O) groups is 1. The molecule has 2 rings (SSSR count). The number of nitrogens with two attached hydrogens (primary N) is 2. The van der Waals surface area contributed by atoms with Gasteiger partial charge in [-0.3, -0.25) is 4.79 Å². The molecular weight excluding hydrogens is 214 g/mol. The van der Waals surface area contributed by atoms with Gasteiger partial charge in [-0.15, -0.1) is 0 Å². The minimum Gasteiger partial charge on any atom is -0.399 e. The first-order valence-electron chi connectivity index (χ1n) is 5.83. The van der Waals surface area contributed by atoms with Crippen LogP contribution in [0.5, 0.6) is 0 Å².